The van der Waals surface area contributed by atoms with Crippen LogP contribution in [0.1, 0.15) is 349 Å². The third-order valence-corrected chi connectivity index (χ3v) is 32.1. The number of rotatable bonds is 23. The zero-order chi connectivity index (χ0) is 108. The van der Waals surface area contributed by atoms with Gasteiger partial charge in [-0.1, -0.05) is 89.9 Å². The van der Waals surface area contributed by atoms with Crippen LogP contribution in [-0.4, -0.2) is 255 Å². The highest BCUT2D eigenvalue weighted by molar-refractivity contribution is 6.32. The molecule has 0 spiro atoms. The van der Waals surface area contributed by atoms with E-state index < -0.39 is 17.5 Å². The molecule has 0 radical (unpaired) electrons. The zero-order valence-corrected chi connectivity index (χ0v) is 94.1. The number of methoxy groups -OCH3 is 1. The Morgan fingerprint density at radius 3 is 0.911 bits per heavy atom. The molecule has 7 heterocycles. The Hall–Kier alpha value is -9.28. The maximum absolute atomic E-state index is 13.2. The molecule has 0 unspecified atom stereocenters. The normalized spacial score (nSPS) is 19.3. The number of benzene rings is 7. The van der Waals surface area contributed by atoms with Crippen molar-refractivity contribution in [2.45, 2.75) is 356 Å². The maximum atomic E-state index is 13.2. The second-order valence-corrected chi connectivity index (χ2v) is 46.8. The van der Waals surface area contributed by atoms with Gasteiger partial charge in [-0.25, -0.2) is 13.2 Å². The Labute approximate surface area is 882 Å². The molecule has 15 rings (SSSR count). The summed E-state index contributed by atoms with van der Waals surface area (Å²) in [4.78, 5) is 104. The Kier molecular flexibility index (Phi) is 44.8. The Bertz CT molecular complexity index is 5330. The summed E-state index contributed by atoms with van der Waals surface area (Å²) in [7, 11) is 1.59. The van der Waals surface area contributed by atoms with Gasteiger partial charge in [0.25, 0.3) is 41.4 Å². The lowest BCUT2D eigenvalue weighted by Crippen LogP contribution is -2.54. The Morgan fingerprint density at radius 1 is 0.295 bits per heavy atom. The molecule has 7 aliphatic heterocycles. The standard InChI is InChI=1S/C19H28N2O.2C17H25ClN2O.C17H26N2O2.C17H26N2O.C16H22F2N2O.C16H23FN2O/c1-14(2)21-12-10-19(3,11-13-21)20-18(22)17-7-5-4-6-16(17)15-8-9-15;1-12(2)20-9-7-17(4,8-10-20)19-16(21)15-11-14(18)6-5-13(15)3;1-12(2)20-10-8-17(4,9-11-20)19-16(21)14-6-5-7-15(18)13(14)3;1-13(2)19-11-9-17(3,10-12-19)18-16(20)14-7-5-6-8-15(14)21-4;1-13(2)19-11-9-17(4,10-12-19)18-16(20)15-8-6-5-7-14(15)3;1-11(2)20-6-4-16(3,5-7-20)19-15(21)12-8-13(17)10-14(18)9-12;1-12(2)19-9-7-16(3,8-10-19)18-15(20)13-5-4-6-14(17)11-13/h4-7,14-15H,8-13H2,1-3H3,(H,20,22);5-6,11-12H,7-10H2,1-4H3,(H,19,21);5-7,12H,8-11H2,1-4H3,(H,19,21);5-8,13H,9-12H2,1-4H3,(H,18,20);5-8,13H,9-12H2,1-4H3,(H,18,20);8-11H,4-7H2,1-3H3,(H,19,21);4-6,11-12H,7-10H2,1-3H3,(H,18,20). The highest BCUT2D eigenvalue weighted by Gasteiger charge is 2.41. The summed E-state index contributed by atoms with van der Waals surface area (Å²) < 4.78 is 44.8. The molecule has 22 nitrogen and oxygen atoms in total. The summed E-state index contributed by atoms with van der Waals surface area (Å²) in [6.45, 7) is 65.8. The van der Waals surface area contributed by atoms with Crippen molar-refractivity contribution in [2.75, 3.05) is 98.7 Å². The average Bonchev–Trinajstić information content (AvgIpc) is 1.62. The van der Waals surface area contributed by atoms with E-state index in [2.05, 4.69) is 216 Å². The number of carbonyl (C=O) groups excluding carboxylic acids is 7. The van der Waals surface area contributed by atoms with Crippen LogP contribution < -0.4 is 42.0 Å². The summed E-state index contributed by atoms with van der Waals surface area (Å²) in [6.07, 6.45) is 15.9. The van der Waals surface area contributed by atoms with Crippen LogP contribution in [0.2, 0.25) is 10.0 Å². The lowest BCUT2D eigenvalue weighted by atomic mass is 9.88. The number of nitrogens with one attached hydrogen (secondary N) is 7. The van der Waals surface area contributed by atoms with Crippen LogP contribution in [0, 0.1) is 38.2 Å². The smallest absolute Gasteiger partial charge is 0.255 e. The first kappa shape index (κ1) is 120. The van der Waals surface area contributed by atoms with Crippen molar-refractivity contribution in [3.63, 3.8) is 0 Å². The van der Waals surface area contributed by atoms with E-state index in [4.69, 9.17) is 27.9 Å². The van der Waals surface area contributed by atoms with Crippen molar-refractivity contribution in [3.05, 3.63) is 240 Å². The summed E-state index contributed by atoms with van der Waals surface area (Å²) in [6, 6.07) is 46.8. The molecule has 0 atom stereocenters. The third-order valence-electron chi connectivity index (χ3n) is 31.5. The van der Waals surface area contributed by atoms with E-state index in [0.29, 0.717) is 86.3 Å². The highest BCUT2D eigenvalue weighted by Crippen LogP contribution is 2.42. The van der Waals surface area contributed by atoms with Crippen molar-refractivity contribution in [2.24, 2.45) is 0 Å². The monoisotopic (exact) mass is 2060 g/mol. The molecule has 8 aliphatic rings. The number of aryl methyl sites for hydroxylation is 2. The Morgan fingerprint density at radius 2 is 0.568 bits per heavy atom. The van der Waals surface area contributed by atoms with Gasteiger partial charge < -0.3 is 76.3 Å². The van der Waals surface area contributed by atoms with Gasteiger partial charge in [-0.2, -0.15) is 0 Å². The minimum absolute atomic E-state index is 0.0181. The molecule has 7 saturated heterocycles. The van der Waals surface area contributed by atoms with Gasteiger partial charge in [-0.15, -0.1) is 0 Å². The number of ether oxygens (including phenoxy) is 1. The molecular formula is C119H175Cl2F3N14O8. The van der Waals surface area contributed by atoms with Gasteiger partial charge in [0.15, 0.2) is 0 Å². The average molecular weight is 2060 g/mol. The first-order valence-electron chi connectivity index (χ1n) is 53.6. The number of nitrogens with zero attached hydrogens (tertiary/aromatic N) is 7. The van der Waals surface area contributed by atoms with E-state index in [1.807, 2.05) is 119 Å². The van der Waals surface area contributed by atoms with E-state index in [1.54, 1.807) is 31.4 Å². The minimum atomic E-state index is -0.736. The van der Waals surface area contributed by atoms with Gasteiger partial charge in [0, 0.05) is 222 Å². The molecule has 8 fully saturated rings. The van der Waals surface area contributed by atoms with E-state index in [0.717, 1.165) is 228 Å². The fraction of sp³-hybridized carbons (Fsp3) is 0.588. The third kappa shape index (κ3) is 36.6. The number of carbonyl (C=O) groups is 7. The second kappa shape index (κ2) is 54.4. The predicted octanol–water partition coefficient (Wildman–Crippen LogP) is 22.3. The molecule has 7 aromatic rings. The van der Waals surface area contributed by atoms with Gasteiger partial charge in [-0.05, 0) is 376 Å². The van der Waals surface area contributed by atoms with Crippen LogP contribution in [0.5, 0.6) is 5.75 Å². The van der Waals surface area contributed by atoms with E-state index in [-0.39, 0.29) is 85.6 Å². The van der Waals surface area contributed by atoms with Gasteiger partial charge >= 0.3 is 0 Å². The summed E-state index contributed by atoms with van der Waals surface area (Å²) >= 11 is 12.1. The molecule has 804 valence electrons. The number of likely N-dealkylation sites (tertiary alicyclic amines) is 7. The minimum Gasteiger partial charge on any atom is -0.496 e. The number of para-hydroxylation sites is 1. The molecule has 1 saturated carbocycles. The quantitative estimate of drug-likeness (QED) is 0.0315. The fourth-order valence-corrected chi connectivity index (χ4v) is 20.5. The van der Waals surface area contributed by atoms with Crippen LogP contribution in [0.15, 0.2) is 152 Å². The Balaban J connectivity index is 0.000000190. The molecule has 146 heavy (non-hydrogen) atoms. The van der Waals surface area contributed by atoms with Crippen molar-refractivity contribution in [1.29, 1.82) is 0 Å². The molecule has 0 bridgehead atoms. The van der Waals surface area contributed by atoms with Gasteiger partial charge in [0.1, 0.15) is 23.2 Å². The summed E-state index contributed by atoms with van der Waals surface area (Å²) in [5.41, 5.74) is 7.06. The summed E-state index contributed by atoms with van der Waals surface area (Å²) in [5, 5.41) is 23.4. The number of hydrogen-bond donors (Lipinski definition) is 7. The van der Waals surface area contributed by atoms with Crippen LogP contribution >= 0.6 is 23.2 Å². The molecule has 7 N–H and O–H groups in total. The molecule has 7 aromatic carbocycles. The van der Waals surface area contributed by atoms with E-state index in [1.165, 1.54) is 30.5 Å². The van der Waals surface area contributed by atoms with E-state index in [9.17, 15) is 46.7 Å². The van der Waals surface area contributed by atoms with Crippen LogP contribution in [0.3, 0.4) is 0 Å². The lowest BCUT2D eigenvalue weighted by molar-refractivity contribution is 0.0789. The SMILES string of the molecule is CC(C)N1CCC(C)(NC(=O)c2cc(F)cc(F)c2)CC1.CC(C)N1CCC(C)(NC(=O)c2cccc(F)c2)CC1.CC(C)N1CCC(C)(NC(=O)c2ccccc2C2CC2)CC1.COc1ccccc1C(=O)NC1(C)CCN(C(C)C)CC1.Cc1c(Cl)cccc1C(=O)NC1(C)CCN(C(C)C)CC1.Cc1ccc(Cl)cc1C(=O)NC1(C)CCN(C(C)C)CC1.Cc1ccccc1C(=O)NC1(C)CCN(C(C)C)CC1. The van der Waals surface area contributed by atoms with Gasteiger partial charge in [0.2, 0.25) is 0 Å². The number of amides is 7. The number of piperidine rings is 7. The highest BCUT2D eigenvalue weighted by atomic mass is 35.5. The first-order chi connectivity index (χ1) is 68.7. The largest absolute Gasteiger partial charge is 0.496 e. The molecule has 0 aromatic heterocycles. The molecule has 27 heteroatoms. The maximum Gasteiger partial charge on any atom is 0.255 e. The number of hydrogen-bond acceptors (Lipinski definition) is 15. The lowest BCUT2D eigenvalue weighted by Gasteiger charge is -2.41. The second-order valence-electron chi connectivity index (χ2n) is 45.9. The van der Waals surface area contributed by atoms with Crippen LogP contribution in [0.4, 0.5) is 13.2 Å². The van der Waals surface area contributed by atoms with E-state index >= 15 is 0 Å². The van der Waals surface area contributed by atoms with Gasteiger partial charge in [-0.3, -0.25) is 33.6 Å². The van der Waals surface area contributed by atoms with Crippen molar-refractivity contribution < 1.29 is 51.5 Å². The van der Waals surface area contributed by atoms with Crippen molar-refractivity contribution in [1.82, 2.24) is 71.5 Å². The van der Waals surface area contributed by atoms with Crippen LogP contribution in [0.25, 0.3) is 0 Å². The van der Waals surface area contributed by atoms with Crippen molar-refractivity contribution in [3.8, 4) is 5.75 Å². The zero-order valence-electron chi connectivity index (χ0n) is 92.6. The van der Waals surface area contributed by atoms with Gasteiger partial charge in [0.05, 0.1) is 12.7 Å². The van der Waals surface area contributed by atoms with Crippen LogP contribution in [-0.2, 0) is 0 Å². The molecule has 7 amide bonds. The predicted molar refractivity (Wildman–Crippen MR) is 590 cm³/mol. The number of halogens is 5. The summed E-state index contributed by atoms with van der Waals surface area (Å²) in [5.74, 6) is -1.14. The molecular weight excluding hydrogens is 1880 g/mol. The van der Waals surface area contributed by atoms with Crippen molar-refractivity contribution >= 4 is 64.6 Å². The first-order valence-corrected chi connectivity index (χ1v) is 54.4. The molecule has 1 aliphatic carbocycles. The fourth-order valence-electron chi connectivity index (χ4n) is 20.1. The topological polar surface area (TPSA) is 236 Å².